The molecule has 1 N–H and O–H groups in total. The van der Waals surface area contributed by atoms with E-state index in [0.717, 1.165) is 55.0 Å². The summed E-state index contributed by atoms with van der Waals surface area (Å²) in [5.74, 6) is 1.92. The van der Waals surface area contributed by atoms with Gasteiger partial charge in [-0.25, -0.2) is 9.97 Å². The van der Waals surface area contributed by atoms with Crippen LogP contribution in [0.5, 0.6) is 0 Å². The van der Waals surface area contributed by atoms with Crippen molar-refractivity contribution in [2.75, 3.05) is 11.9 Å². The highest BCUT2D eigenvalue weighted by molar-refractivity contribution is 5.81. The van der Waals surface area contributed by atoms with E-state index in [9.17, 15) is 4.79 Å². The number of aromatic nitrogens is 3. The summed E-state index contributed by atoms with van der Waals surface area (Å²) in [6.07, 6.45) is 7.46. The van der Waals surface area contributed by atoms with Crippen LogP contribution < -0.4 is 5.32 Å². The molecule has 0 unspecified atom stereocenters. The maximum absolute atomic E-state index is 12.8. The monoisotopic (exact) mass is 385 g/mol. The normalized spacial score (nSPS) is 18.6. The molecule has 146 valence electrons. The molecule has 2 aromatic heterocycles. The minimum atomic E-state index is -0.0544. The number of anilines is 2. The van der Waals surface area contributed by atoms with Crippen molar-refractivity contribution in [2.24, 2.45) is 5.92 Å². The molecule has 1 atom stereocenters. The number of benzene rings is 1. The van der Waals surface area contributed by atoms with E-state index >= 15 is 0 Å². The van der Waals surface area contributed by atoms with Gasteiger partial charge in [0.2, 0.25) is 5.91 Å². The molecule has 1 amide bonds. The third kappa shape index (κ3) is 3.83. The summed E-state index contributed by atoms with van der Waals surface area (Å²) in [4.78, 5) is 28.6. The van der Waals surface area contributed by atoms with Crippen LogP contribution in [0.2, 0.25) is 0 Å². The summed E-state index contributed by atoms with van der Waals surface area (Å²) in [7, 11) is 0. The Labute approximate surface area is 170 Å². The van der Waals surface area contributed by atoms with Gasteiger partial charge in [-0.1, -0.05) is 18.2 Å². The van der Waals surface area contributed by atoms with E-state index in [4.69, 9.17) is 9.97 Å². The average molecular weight is 385 g/mol. The van der Waals surface area contributed by atoms with Crippen LogP contribution in [0.1, 0.15) is 37.5 Å². The molecule has 29 heavy (non-hydrogen) atoms. The zero-order valence-corrected chi connectivity index (χ0v) is 16.2. The van der Waals surface area contributed by atoms with E-state index in [1.807, 2.05) is 53.4 Å². The van der Waals surface area contributed by atoms with Gasteiger partial charge in [-0.15, -0.1) is 0 Å². The van der Waals surface area contributed by atoms with E-state index in [2.05, 4.69) is 10.3 Å². The number of hydrogen-bond donors (Lipinski definition) is 1. The predicted octanol–water partition coefficient (Wildman–Crippen LogP) is 4.36. The number of rotatable bonds is 5. The highest BCUT2D eigenvalue weighted by Gasteiger charge is 2.40. The van der Waals surface area contributed by atoms with E-state index < -0.39 is 0 Å². The van der Waals surface area contributed by atoms with Gasteiger partial charge < -0.3 is 10.2 Å². The topological polar surface area (TPSA) is 71.0 Å². The average Bonchev–Trinajstić information content (AvgIpc) is 3.50. The fourth-order valence-corrected chi connectivity index (χ4v) is 3.88. The standard InChI is InChI=1S/C23H23N5O/c29-23(17-8-9-17)28-14-4-7-20(28)22-26-19(16-10-12-24-13-11-16)15-21(27-22)25-18-5-2-1-3-6-18/h1-3,5-6,10-13,15,17,20H,4,7-9,14H2,(H,25,26,27)/t20-/m1/s1. The molecule has 2 aliphatic rings. The zero-order valence-electron chi connectivity index (χ0n) is 16.2. The predicted molar refractivity (Wildman–Crippen MR) is 111 cm³/mol. The first-order chi connectivity index (χ1) is 14.3. The summed E-state index contributed by atoms with van der Waals surface area (Å²) in [6, 6.07) is 15.8. The Kier molecular flexibility index (Phi) is 4.68. The second kappa shape index (κ2) is 7.62. The van der Waals surface area contributed by atoms with Crippen molar-refractivity contribution in [1.82, 2.24) is 19.9 Å². The van der Waals surface area contributed by atoms with E-state index in [1.165, 1.54) is 0 Å². The Bertz CT molecular complexity index is 1000. The fraction of sp³-hybridized carbons (Fsp3) is 0.304. The maximum Gasteiger partial charge on any atom is 0.226 e. The van der Waals surface area contributed by atoms with Crippen LogP contribution in [0, 0.1) is 5.92 Å². The first-order valence-electron chi connectivity index (χ1n) is 10.2. The van der Waals surface area contributed by atoms with E-state index in [1.54, 1.807) is 12.4 Å². The molecular weight excluding hydrogens is 362 g/mol. The molecule has 6 heteroatoms. The molecule has 0 radical (unpaired) electrons. The molecule has 6 nitrogen and oxygen atoms in total. The van der Waals surface area contributed by atoms with E-state index in [0.29, 0.717) is 5.82 Å². The quantitative estimate of drug-likeness (QED) is 0.707. The third-order valence-corrected chi connectivity index (χ3v) is 5.53. The van der Waals surface area contributed by atoms with Crippen molar-refractivity contribution in [3.05, 3.63) is 66.7 Å². The number of nitrogens with zero attached hydrogens (tertiary/aromatic N) is 4. The minimum Gasteiger partial charge on any atom is -0.340 e. The number of pyridine rings is 1. The van der Waals surface area contributed by atoms with Gasteiger partial charge in [-0.2, -0.15) is 0 Å². The molecule has 0 bridgehead atoms. The molecule has 3 heterocycles. The second-order valence-electron chi connectivity index (χ2n) is 7.69. The van der Waals surface area contributed by atoms with Gasteiger partial charge >= 0.3 is 0 Å². The molecule has 1 saturated carbocycles. The van der Waals surface area contributed by atoms with Gasteiger partial charge in [0.25, 0.3) is 0 Å². The van der Waals surface area contributed by atoms with Crippen LogP contribution in [0.25, 0.3) is 11.3 Å². The molecular formula is C23H23N5O. The van der Waals surface area contributed by atoms with Crippen molar-refractivity contribution in [1.29, 1.82) is 0 Å². The number of para-hydroxylation sites is 1. The summed E-state index contributed by atoms with van der Waals surface area (Å²) < 4.78 is 0. The van der Waals surface area contributed by atoms with Crippen LogP contribution in [0.15, 0.2) is 60.9 Å². The highest BCUT2D eigenvalue weighted by Crippen LogP contribution is 2.38. The van der Waals surface area contributed by atoms with Crippen molar-refractivity contribution < 1.29 is 4.79 Å². The number of nitrogens with one attached hydrogen (secondary N) is 1. The van der Waals surface area contributed by atoms with Gasteiger partial charge in [0, 0.05) is 42.2 Å². The van der Waals surface area contributed by atoms with Crippen LogP contribution in [-0.4, -0.2) is 32.3 Å². The zero-order chi connectivity index (χ0) is 19.6. The Morgan fingerprint density at radius 1 is 1.00 bits per heavy atom. The Morgan fingerprint density at radius 3 is 2.55 bits per heavy atom. The summed E-state index contributed by atoms with van der Waals surface area (Å²) in [6.45, 7) is 0.796. The molecule has 3 aromatic rings. The van der Waals surface area contributed by atoms with Gasteiger partial charge in [-0.3, -0.25) is 9.78 Å². The van der Waals surface area contributed by atoms with Crippen LogP contribution in [0.3, 0.4) is 0 Å². The van der Waals surface area contributed by atoms with Crippen LogP contribution in [0.4, 0.5) is 11.5 Å². The summed E-state index contributed by atoms with van der Waals surface area (Å²) in [5.41, 5.74) is 2.79. The van der Waals surface area contributed by atoms with Crippen molar-refractivity contribution >= 4 is 17.4 Å². The van der Waals surface area contributed by atoms with Crippen LogP contribution in [-0.2, 0) is 4.79 Å². The van der Waals surface area contributed by atoms with Crippen LogP contribution >= 0.6 is 0 Å². The Hall–Kier alpha value is -3.28. The van der Waals surface area contributed by atoms with Gasteiger partial charge in [0.1, 0.15) is 5.82 Å². The number of carbonyl (C=O) groups excluding carboxylic acids is 1. The first-order valence-corrected chi connectivity index (χ1v) is 10.2. The van der Waals surface area contributed by atoms with E-state index in [-0.39, 0.29) is 17.9 Å². The lowest BCUT2D eigenvalue weighted by Gasteiger charge is -2.24. The Morgan fingerprint density at radius 2 is 1.79 bits per heavy atom. The number of amides is 1. The lowest BCUT2D eigenvalue weighted by atomic mass is 10.1. The van der Waals surface area contributed by atoms with Gasteiger partial charge in [-0.05, 0) is 49.9 Å². The van der Waals surface area contributed by atoms with Crippen molar-refractivity contribution in [2.45, 2.75) is 31.7 Å². The summed E-state index contributed by atoms with van der Waals surface area (Å²) in [5, 5.41) is 3.39. The number of hydrogen-bond acceptors (Lipinski definition) is 5. The fourth-order valence-electron chi connectivity index (χ4n) is 3.88. The summed E-state index contributed by atoms with van der Waals surface area (Å²) >= 11 is 0. The Balaban J connectivity index is 1.53. The van der Waals surface area contributed by atoms with Gasteiger partial charge in [0.15, 0.2) is 5.82 Å². The lowest BCUT2D eigenvalue weighted by molar-refractivity contribution is -0.133. The number of carbonyl (C=O) groups is 1. The minimum absolute atomic E-state index is 0.0544. The van der Waals surface area contributed by atoms with Crippen molar-refractivity contribution in [3.63, 3.8) is 0 Å². The molecule has 1 saturated heterocycles. The molecule has 5 rings (SSSR count). The SMILES string of the molecule is O=C(C1CC1)N1CCC[C@@H]1c1nc(Nc2ccccc2)cc(-c2ccncc2)n1. The first kappa shape index (κ1) is 17.8. The molecule has 0 spiro atoms. The number of likely N-dealkylation sites (tertiary alicyclic amines) is 1. The van der Waals surface area contributed by atoms with Gasteiger partial charge in [0.05, 0.1) is 11.7 Å². The molecule has 2 fully saturated rings. The molecule has 1 aromatic carbocycles. The molecule has 1 aliphatic carbocycles. The third-order valence-electron chi connectivity index (χ3n) is 5.53. The highest BCUT2D eigenvalue weighted by atomic mass is 16.2. The smallest absolute Gasteiger partial charge is 0.226 e. The lowest BCUT2D eigenvalue weighted by Crippen LogP contribution is -2.32. The largest absolute Gasteiger partial charge is 0.340 e. The van der Waals surface area contributed by atoms with Crippen molar-refractivity contribution in [3.8, 4) is 11.3 Å². The molecule has 1 aliphatic heterocycles. The second-order valence-corrected chi connectivity index (χ2v) is 7.69. The maximum atomic E-state index is 12.8.